The normalized spacial score (nSPS) is 10.5. The van der Waals surface area contributed by atoms with Gasteiger partial charge >= 0.3 is 7.27 Å². The molecule has 0 aliphatic heterocycles. The van der Waals surface area contributed by atoms with E-state index >= 15 is 0 Å². The molecule has 0 radical (unpaired) electrons. The monoisotopic (exact) mass is 194 g/mol. The number of halogens is 3. The van der Waals surface area contributed by atoms with Gasteiger partial charge in [-0.15, -0.1) is 0 Å². The molecule has 0 unspecified atom stereocenters. The zero-order valence-electron chi connectivity index (χ0n) is 7.18. The van der Waals surface area contributed by atoms with Gasteiger partial charge in [-0.25, -0.2) is 4.39 Å². The smallest absolute Gasteiger partial charge is 0.281 e. The van der Waals surface area contributed by atoms with Crippen molar-refractivity contribution in [1.29, 1.82) is 0 Å². The van der Waals surface area contributed by atoms with E-state index in [2.05, 4.69) is 0 Å². The lowest BCUT2D eigenvalue weighted by atomic mass is 9.81. The quantitative estimate of drug-likeness (QED) is 0.612. The zero-order chi connectivity index (χ0) is 10.1. The average Bonchev–Trinajstić information content (AvgIpc) is 2.17. The van der Waals surface area contributed by atoms with Crippen molar-refractivity contribution >= 4 is 23.5 Å². The number of benzene rings is 2. The van der Waals surface area contributed by atoms with Crippen molar-refractivity contribution in [1.82, 2.24) is 0 Å². The molecule has 0 aromatic heterocycles. The second-order valence-electron chi connectivity index (χ2n) is 2.98. The second-order valence-corrected chi connectivity index (χ2v) is 2.98. The Bertz CT molecular complexity index is 468. The van der Waals surface area contributed by atoms with Gasteiger partial charge in [-0.2, -0.15) is 0 Å². The van der Waals surface area contributed by atoms with E-state index in [1.807, 2.05) is 0 Å². The largest absolute Gasteiger partial charge is 0.575 e. The molecule has 0 saturated carbocycles. The number of fused-ring (bicyclic) bond motifs is 1. The molecular formula is C10H6BF3. The Morgan fingerprint density at radius 2 is 1.64 bits per heavy atom. The highest BCUT2D eigenvalue weighted by molar-refractivity contribution is 6.63. The summed E-state index contributed by atoms with van der Waals surface area (Å²) in [5.74, 6) is -0.848. The molecule has 0 heterocycles. The summed E-state index contributed by atoms with van der Waals surface area (Å²) in [5, 5.41) is 0.909. The van der Waals surface area contributed by atoms with Crippen LogP contribution in [0, 0.1) is 5.82 Å². The molecule has 4 heteroatoms. The molecule has 0 N–H and O–H groups in total. The van der Waals surface area contributed by atoms with Gasteiger partial charge in [0.2, 0.25) is 0 Å². The van der Waals surface area contributed by atoms with E-state index in [-0.39, 0.29) is 5.39 Å². The van der Waals surface area contributed by atoms with Gasteiger partial charge in [0.1, 0.15) is 5.82 Å². The van der Waals surface area contributed by atoms with Crippen LogP contribution < -0.4 is 5.46 Å². The maximum absolute atomic E-state index is 13.1. The number of hydrogen-bond donors (Lipinski definition) is 0. The molecule has 0 atom stereocenters. The van der Waals surface area contributed by atoms with Crippen molar-refractivity contribution in [2.45, 2.75) is 0 Å². The predicted octanol–water partition coefficient (Wildman–Crippen LogP) is 2.61. The van der Waals surface area contributed by atoms with Crippen LogP contribution in [0.1, 0.15) is 0 Å². The van der Waals surface area contributed by atoms with Crippen molar-refractivity contribution in [3.63, 3.8) is 0 Å². The van der Waals surface area contributed by atoms with Crippen LogP contribution in [0.2, 0.25) is 0 Å². The summed E-state index contributed by atoms with van der Waals surface area (Å²) < 4.78 is 38.1. The molecule has 0 nitrogen and oxygen atoms in total. The van der Waals surface area contributed by atoms with Crippen molar-refractivity contribution < 1.29 is 13.0 Å². The molecule has 14 heavy (non-hydrogen) atoms. The van der Waals surface area contributed by atoms with Gasteiger partial charge in [0, 0.05) is 5.46 Å². The van der Waals surface area contributed by atoms with E-state index in [1.165, 1.54) is 12.1 Å². The Hall–Kier alpha value is -1.45. The van der Waals surface area contributed by atoms with Crippen LogP contribution in [-0.2, 0) is 0 Å². The summed E-state index contributed by atoms with van der Waals surface area (Å²) in [6.45, 7) is 0. The van der Waals surface area contributed by atoms with Crippen LogP contribution in [0.25, 0.3) is 10.8 Å². The van der Waals surface area contributed by atoms with E-state index in [1.54, 1.807) is 18.2 Å². The molecule has 0 fully saturated rings. The van der Waals surface area contributed by atoms with Gasteiger partial charge in [-0.3, -0.25) is 8.63 Å². The third-order valence-electron chi connectivity index (χ3n) is 2.14. The first-order valence-corrected chi connectivity index (χ1v) is 4.15. The third-order valence-corrected chi connectivity index (χ3v) is 2.14. The van der Waals surface area contributed by atoms with E-state index in [0.29, 0.717) is 5.39 Å². The fourth-order valence-electron chi connectivity index (χ4n) is 1.49. The van der Waals surface area contributed by atoms with Crippen LogP contribution in [0.5, 0.6) is 0 Å². The van der Waals surface area contributed by atoms with Crippen molar-refractivity contribution in [3.8, 4) is 0 Å². The highest BCUT2D eigenvalue weighted by Gasteiger charge is 2.23. The summed E-state index contributed by atoms with van der Waals surface area (Å²) in [6, 6.07) is 9.10. The molecule has 0 aliphatic carbocycles. The average molecular weight is 194 g/mol. The topological polar surface area (TPSA) is 0 Å². The lowest BCUT2D eigenvalue weighted by Crippen LogP contribution is -2.25. The predicted molar refractivity (Wildman–Crippen MR) is 51.5 cm³/mol. The molecule has 2 aromatic rings. The van der Waals surface area contributed by atoms with Gasteiger partial charge in [0.25, 0.3) is 0 Å². The van der Waals surface area contributed by atoms with Gasteiger partial charge in [0.05, 0.1) is 0 Å². The van der Waals surface area contributed by atoms with Gasteiger partial charge in [-0.05, 0) is 16.8 Å². The van der Waals surface area contributed by atoms with Crippen molar-refractivity contribution in [2.24, 2.45) is 0 Å². The van der Waals surface area contributed by atoms with Crippen LogP contribution in [0.15, 0.2) is 36.4 Å². The highest BCUT2D eigenvalue weighted by Crippen LogP contribution is 2.14. The summed E-state index contributed by atoms with van der Waals surface area (Å²) >= 11 is 0. The second kappa shape index (κ2) is 3.37. The molecule has 0 saturated heterocycles. The third kappa shape index (κ3) is 1.37. The van der Waals surface area contributed by atoms with E-state index in [0.717, 1.165) is 6.07 Å². The zero-order valence-corrected chi connectivity index (χ0v) is 7.18. The minimum absolute atomic E-state index is 0.280. The molecule has 0 aliphatic rings. The molecule has 0 spiro atoms. The Labute approximate surface area is 79.5 Å². The maximum Gasteiger partial charge on any atom is 0.575 e. The Morgan fingerprint density at radius 3 is 2.36 bits per heavy atom. The van der Waals surface area contributed by atoms with Crippen LogP contribution >= 0.6 is 0 Å². The highest BCUT2D eigenvalue weighted by atomic mass is 19.2. The SMILES string of the molecule is FB(F)c1c(F)ccc2ccccc12. The standard InChI is InChI=1S/C10H6BF3/c12-9-6-5-7-3-1-2-4-8(7)10(9)11(13)14/h1-6H. The lowest BCUT2D eigenvalue weighted by molar-refractivity contribution is 0.624. The number of rotatable bonds is 1. The van der Waals surface area contributed by atoms with E-state index in [9.17, 15) is 13.0 Å². The van der Waals surface area contributed by atoms with Crippen molar-refractivity contribution in [3.05, 3.63) is 42.2 Å². The Morgan fingerprint density at radius 1 is 0.929 bits per heavy atom. The fraction of sp³-hybridized carbons (Fsp3) is 0. The summed E-state index contributed by atoms with van der Waals surface area (Å²) in [5.41, 5.74) is -0.511. The Kier molecular flexibility index (Phi) is 2.19. The molecule has 0 amide bonds. The Balaban J connectivity index is 2.83. The van der Waals surface area contributed by atoms with E-state index < -0.39 is 18.5 Å². The molecule has 2 rings (SSSR count). The van der Waals surface area contributed by atoms with Crippen LogP contribution in [-0.4, -0.2) is 7.27 Å². The van der Waals surface area contributed by atoms with Crippen LogP contribution in [0.4, 0.5) is 13.0 Å². The van der Waals surface area contributed by atoms with Crippen LogP contribution in [0.3, 0.4) is 0 Å². The molecule has 2 aromatic carbocycles. The minimum Gasteiger partial charge on any atom is -0.281 e. The maximum atomic E-state index is 13.1. The first kappa shape index (κ1) is 9.12. The first-order valence-electron chi connectivity index (χ1n) is 4.15. The minimum atomic E-state index is -2.78. The van der Waals surface area contributed by atoms with Gasteiger partial charge in [-0.1, -0.05) is 30.3 Å². The van der Waals surface area contributed by atoms with Gasteiger partial charge < -0.3 is 0 Å². The fourth-order valence-corrected chi connectivity index (χ4v) is 1.49. The number of hydrogen-bond acceptors (Lipinski definition) is 0. The summed E-state index contributed by atoms with van der Waals surface area (Å²) in [4.78, 5) is 0. The summed E-state index contributed by atoms with van der Waals surface area (Å²) in [7, 11) is -2.78. The first-order chi connectivity index (χ1) is 6.70. The molecule has 0 bridgehead atoms. The van der Waals surface area contributed by atoms with E-state index in [4.69, 9.17) is 0 Å². The molecule has 70 valence electrons. The lowest BCUT2D eigenvalue weighted by Gasteiger charge is -2.04. The van der Waals surface area contributed by atoms with Gasteiger partial charge in [0.15, 0.2) is 0 Å². The van der Waals surface area contributed by atoms with Crippen molar-refractivity contribution in [2.75, 3.05) is 0 Å². The molecular weight excluding hydrogens is 188 g/mol. The summed E-state index contributed by atoms with van der Waals surface area (Å²) in [6.07, 6.45) is 0.